The molecular weight excluding hydrogens is 302 g/mol. The van der Waals surface area contributed by atoms with Gasteiger partial charge in [-0.15, -0.1) is 23.4 Å². The van der Waals surface area contributed by atoms with Crippen LogP contribution in [-0.4, -0.2) is 25.3 Å². The van der Waals surface area contributed by atoms with E-state index in [-0.39, 0.29) is 11.6 Å². The second kappa shape index (κ2) is 6.86. The lowest BCUT2D eigenvalue weighted by Crippen LogP contribution is -2.18. The minimum Gasteiger partial charge on any atom is -0.282 e. The number of hydrogen-bond acceptors (Lipinski definition) is 3. The number of sulfonamides is 1. The third kappa shape index (κ3) is 4.58. The standard InChI is InChI=1S/C13H18ClNO2S2/c14-9-10-19(16,17)15-12-7-3-4-8-13(12)18-11-5-1-2-6-11/h3-4,7-8,11,15H,1-2,5-6,9-10H2. The zero-order valence-corrected chi connectivity index (χ0v) is 13.0. The first-order valence-corrected chi connectivity index (χ1v) is 9.49. The van der Waals surface area contributed by atoms with E-state index in [0.29, 0.717) is 10.9 Å². The summed E-state index contributed by atoms with van der Waals surface area (Å²) in [6, 6.07) is 7.57. The van der Waals surface area contributed by atoms with Crippen molar-refractivity contribution in [3.8, 4) is 0 Å². The number of thioether (sulfide) groups is 1. The molecule has 0 amide bonds. The summed E-state index contributed by atoms with van der Waals surface area (Å²) in [4.78, 5) is 1.01. The molecule has 0 saturated heterocycles. The molecule has 3 nitrogen and oxygen atoms in total. The minimum atomic E-state index is -3.34. The highest BCUT2D eigenvalue weighted by Gasteiger charge is 2.19. The SMILES string of the molecule is O=S(=O)(CCCl)Nc1ccccc1SC1CCCC1. The first-order valence-electron chi connectivity index (χ1n) is 6.43. The zero-order valence-electron chi connectivity index (χ0n) is 10.6. The van der Waals surface area contributed by atoms with Gasteiger partial charge in [-0.3, -0.25) is 4.72 Å². The first kappa shape index (κ1) is 15.0. The van der Waals surface area contributed by atoms with Crippen LogP contribution >= 0.6 is 23.4 Å². The molecule has 6 heteroatoms. The molecule has 1 aromatic carbocycles. The van der Waals surface area contributed by atoms with E-state index >= 15 is 0 Å². The van der Waals surface area contributed by atoms with Crippen LogP contribution in [0.1, 0.15) is 25.7 Å². The predicted molar refractivity (Wildman–Crippen MR) is 82.7 cm³/mol. The second-order valence-electron chi connectivity index (χ2n) is 4.63. The minimum absolute atomic E-state index is 0.0585. The maximum absolute atomic E-state index is 11.8. The summed E-state index contributed by atoms with van der Waals surface area (Å²) >= 11 is 7.28. The molecule has 106 valence electrons. The lowest BCUT2D eigenvalue weighted by atomic mass is 10.3. The highest BCUT2D eigenvalue weighted by molar-refractivity contribution is 8.00. The fourth-order valence-electron chi connectivity index (χ4n) is 2.16. The van der Waals surface area contributed by atoms with Crippen molar-refractivity contribution >= 4 is 39.1 Å². The summed E-state index contributed by atoms with van der Waals surface area (Å²) in [5.41, 5.74) is 0.671. The van der Waals surface area contributed by atoms with Crippen LogP contribution in [0.5, 0.6) is 0 Å². The Kier molecular flexibility index (Phi) is 5.42. The summed E-state index contributed by atoms with van der Waals surface area (Å²) in [5.74, 6) is 0.0459. The van der Waals surface area contributed by atoms with Gasteiger partial charge in [-0.05, 0) is 25.0 Å². The molecule has 2 rings (SSSR count). The van der Waals surface area contributed by atoms with Gasteiger partial charge in [0.15, 0.2) is 0 Å². The Bertz CT molecular complexity index is 513. The van der Waals surface area contributed by atoms with E-state index in [1.54, 1.807) is 11.8 Å². The van der Waals surface area contributed by atoms with Crippen LogP contribution in [0.4, 0.5) is 5.69 Å². The van der Waals surface area contributed by atoms with E-state index in [2.05, 4.69) is 4.72 Å². The zero-order chi connectivity index (χ0) is 13.7. The molecule has 0 aromatic heterocycles. The van der Waals surface area contributed by atoms with Crippen molar-refractivity contribution in [2.45, 2.75) is 35.8 Å². The maximum atomic E-state index is 11.8. The van der Waals surface area contributed by atoms with Gasteiger partial charge in [-0.1, -0.05) is 25.0 Å². The fourth-order valence-corrected chi connectivity index (χ4v) is 4.98. The molecule has 0 aliphatic heterocycles. The maximum Gasteiger partial charge on any atom is 0.233 e. The second-order valence-corrected chi connectivity index (χ2v) is 8.19. The average Bonchev–Trinajstić information content (AvgIpc) is 2.84. The van der Waals surface area contributed by atoms with E-state index in [4.69, 9.17) is 11.6 Å². The molecular formula is C13H18ClNO2S2. The monoisotopic (exact) mass is 319 g/mol. The molecule has 1 aromatic rings. The molecule has 19 heavy (non-hydrogen) atoms. The summed E-state index contributed by atoms with van der Waals surface area (Å²) < 4.78 is 26.2. The van der Waals surface area contributed by atoms with Gasteiger partial charge in [0.1, 0.15) is 0 Å². The van der Waals surface area contributed by atoms with Gasteiger partial charge in [-0.2, -0.15) is 0 Å². The number of benzene rings is 1. The Morgan fingerprint density at radius 1 is 1.26 bits per heavy atom. The van der Waals surface area contributed by atoms with Gasteiger partial charge in [-0.25, -0.2) is 8.42 Å². The van der Waals surface area contributed by atoms with Crippen LogP contribution in [0.3, 0.4) is 0 Å². The number of hydrogen-bond donors (Lipinski definition) is 1. The largest absolute Gasteiger partial charge is 0.282 e. The normalized spacial score (nSPS) is 16.7. The van der Waals surface area contributed by atoms with E-state index in [1.165, 1.54) is 25.7 Å². The lowest BCUT2D eigenvalue weighted by Gasteiger charge is -2.14. The smallest absolute Gasteiger partial charge is 0.233 e. The van der Waals surface area contributed by atoms with E-state index < -0.39 is 10.0 Å². The van der Waals surface area contributed by atoms with Gasteiger partial charge < -0.3 is 0 Å². The van der Waals surface area contributed by atoms with Gasteiger partial charge in [0.25, 0.3) is 0 Å². The highest BCUT2D eigenvalue weighted by Crippen LogP contribution is 2.38. The van der Waals surface area contributed by atoms with Crippen molar-refractivity contribution in [3.05, 3.63) is 24.3 Å². The van der Waals surface area contributed by atoms with Gasteiger partial charge in [0, 0.05) is 16.0 Å². The number of nitrogens with one attached hydrogen (secondary N) is 1. The number of rotatable bonds is 6. The van der Waals surface area contributed by atoms with Crippen LogP contribution in [0.2, 0.25) is 0 Å². The van der Waals surface area contributed by atoms with E-state index in [1.807, 2.05) is 24.3 Å². The van der Waals surface area contributed by atoms with E-state index in [9.17, 15) is 8.42 Å². The molecule has 1 aliphatic carbocycles. The third-order valence-electron chi connectivity index (χ3n) is 3.09. The van der Waals surface area contributed by atoms with Crippen molar-refractivity contribution in [3.63, 3.8) is 0 Å². The Labute approximate surface area is 124 Å². The highest BCUT2D eigenvalue weighted by atomic mass is 35.5. The van der Waals surface area contributed by atoms with Crippen molar-refractivity contribution in [1.29, 1.82) is 0 Å². The predicted octanol–water partition coefficient (Wildman–Crippen LogP) is 3.70. The molecule has 0 spiro atoms. The number of anilines is 1. The lowest BCUT2D eigenvalue weighted by molar-refractivity contribution is 0.602. The Morgan fingerprint density at radius 2 is 1.95 bits per heavy atom. The molecule has 0 radical (unpaired) electrons. The number of para-hydroxylation sites is 1. The number of halogens is 1. The first-order chi connectivity index (χ1) is 9.11. The molecule has 0 bridgehead atoms. The summed E-state index contributed by atoms with van der Waals surface area (Å²) in [5, 5.41) is 0.610. The van der Waals surface area contributed by atoms with E-state index in [0.717, 1.165) is 4.90 Å². The van der Waals surface area contributed by atoms with Crippen molar-refractivity contribution < 1.29 is 8.42 Å². The third-order valence-corrected chi connectivity index (χ3v) is 6.19. The molecule has 1 aliphatic rings. The van der Waals surface area contributed by atoms with Crippen molar-refractivity contribution in [1.82, 2.24) is 0 Å². The molecule has 0 heterocycles. The van der Waals surface area contributed by atoms with Crippen molar-refractivity contribution in [2.24, 2.45) is 0 Å². The fraction of sp³-hybridized carbons (Fsp3) is 0.538. The quantitative estimate of drug-likeness (QED) is 0.813. The summed E-state index contributed by atoms with van der Waals surface area (Å²) in [6.07, 6.45) is 4.98. The number of alkyl halides is 1. The Balaban J connectivity index is 2.11. The molecule has 1 saturated carbocycles. The van der Waals surface area contributed by atoms with Crippen LogP contribution in [0, 0.1) is 0 Å². The Hall–Kier alpha value is -0.390. The van der Waals surface area contributed by atoms with Crippen LogP contribution < -0.4 is 4.72 Å². The Morgan fingerprint density at radius 3 is 2.63 bits per heavy atom. The van der Waals surface area contributed by atoms with Crippen molar-refractivity contribution in [2.75, 3.05) is 16.4 Å². The van der Waals surface area contributed by atoms with Crippen LogP contribution in [-0.2, 0) is 10.0 Å². The molecule has 1 fully saturated rings. The summed E-state index contributed by atoms with van der Waals surface area (Å²) in [6.45, 7) is 0. The molecule has 0 atom stereocenters. The van der Waals surface area contributed by atoms with Gasteiger partial charge >= 0.3 is 0 Å². The van der Waals surface area contributed by atoms with Gasteiger partial charge in [0.05, 0.1) is 11.4 Å². The topological polar surface area (TPSA) is 46.2 Å². The molecule has 0 unspecified atom stereocenters. The molecule has 1 N–H and O–H groups in total. The van der Waals surface area contributed by atoms with Crippen LogP contribution in [0.25, 0.3) is 0 Å². The van der Waals surface area contributed by atoms with Gasteiger partial charge in [0.2, 0.25) is 10.0 Å². The summed E-state index contributed by atoms with van der Waals surface area (Å²) in [7, 11) is -3.34. The average molecular weight is 320 g/mol. The van der Waals surface area contributed by atoms with Crippen LogP contribution in [0.15, 0.2) is 29.2 Å².